The summed E-state index contributed by atoms with van der Waals surface area (Å²) in [6, 6.07) is 0.425. The fourth-order valence-corrected chi connectivity index (χ4v) is 1.74. The van der Waals surface area contributed by atoms with Gasteiger partial charge in [-0.1, -0.05) is 13.8 Å². The van der Waals surface area contributed by atoms with E-state index in [9.17, 15) is 0 Å². The second-order valence-corrected chi connectivity index (χ2v) is 4.12. The molecule has 1 heterocycles. The zero-order valence-electron chi connectivity index (χ0n) is 7.85. The van der Waals surface area contributed by atoms with Crippen molar-refractivity contribution in [3.8, 4) is 0 Å². The first-order chi connectivity index (χ1) is 5.03. The van der Waals surface area contributed by atoms with Crippen LogP contribution in [0.1, 0.15) is 33.6 Å². The Morgan fingerprint density at radius 3 is 2.64 bits per heavy atom. The summed E-state index contributed by atoms with van der Waals surface area (Å²) in [7, 11) is 1.70. The third-order valence-corrected chi connectivity index (χ3v) is 2.08. The van der Waals surface area contributed by atoms with E-state index in [-0.39, 0.29) is 0 Å². The van der Waals surface area contributed by atoms with Gasteiger partial charge in [0.25, 0.3) is 0 Å². The quantitative estimate of drug-likeness (QED) is 0.525. The summed E-state index contributed by atoms with van der Waals surface area (Å²) in [6.07, 6.45) is 2.15. The van der Waals surface area contributed by atoms with E-state index in [0.29, 0.717) is 11.5 Å². The molecule has 0 saturated carbocycles. The minimum atomic E-state index is 0.368. The highest BCUT2D eigenvalue weighted by atomic mass is 16.5. The number of aliphatic imine (C=N–C) groups is 1. The molecule has 0 saturated heterocycles. The molecule has 0 aromatic heterocycles. The number of hydrogen-bond donors (Lipinski definition) is 0. The number of hydrogen-bond acceptors (Lipinski definition) is 2. The molecule has 0 bridgehead atoms. The molecular weight excluding hydrogens is 138 g/mol. The van der Waals surface area contributed by atoms with Gasteiger partial charge in [0.2, 0.25) is 0 Å². The predicted molar refractivity (Wildman–Crippen MR) is 46.9 cm³/mol. The lowest BCUT2D eigenvalue weighted by Crippen LogP contribution is -2.28. The summed E-state index contributed by atoms with van der Waals surface area (Å²) in [4.78, 5) is 4.39. The van der Waals surface area contributed by atoms with Crippen molar-refractivity contribution in [3.63, 3.8) is 0 Å². The highest BCUT2D eigenvalue weighted by Gasteiger charge is 2.28. The van der Waals surface area contributed by atoms with E-state index in [1.807, 2.05) is 0 Å². The Morgan fingerprint density at radius 1 is 1.55 bits per heavy atom. The molecule has 0 aromatic rings. The van der Waals surface area contributed by atoms with Crippen LogP contribution in [0.25, 0.3) is 0 Å². The Labute approximate surface area is 68.7 Å². The molecule has 64 valence electrons. The van der Waals surface area contributed by atoms with Crippen molar-refractivity contribution >= 4 is 5.90 Å². The average molecular weight is 155 g/mol. The molecule has 0 fully saturated rings. The topological polar surface area (TPSA) is 21.6 Å². The Hall–Kier alpha value is -0.530. The largest absolute Gasteiger partial charge is 0.484 e. The third-order valence-electron chi connectivity index (χ3n) is 2.08. The van der Waals surface area contributed by atoms with Gasteiger partial charge >= 0.3 is 0 Å². The average Bonchev–Trinajstić information content (AvgIpc) is 1.83. The van der Waals surface area contributed by atoms with Gasteiger partial charge in [-0.05, 0) is 18.8 Å². The van der Waals surface area contributed by atoms with E-state index in [1.165, 1.54) is 6.42 Å². The molecule has 11 heavy (non-hydrogen) atoms. The summed E-state index contributed by atoms with van der Waals surface area (Å²) in [5.41, 5.74) is 0.368. The van der Waals surface area contributed by atoms with Crippen LogP contribution >= 0.6 is 0 Å². The van der Waals surface area contributed by atoms with Crippen LogP contribution in [0.5, 0.6) is 0 Å². The predicted octanol–water partition coefficient (Wildman–Crippen LogP) is 2.24. The Morgan fingerprint density at radius 2 is 2.18 bits per heavy atom. The maximum Gasteiger partial charge on any atom is 0.183 e. The van der Waals surface area contributed by atoms with Gasteiger partial charge in [0.1, 0.15) is 0 Å². The molecule has 1 rings (SSSR count). The molecule has 1 aliphatic heterocycles. The maximum absolute atomic E-state index is 5.15. The Kier molecular flexibility index (Phi) is 2.21. The third kappa shape index (κ3) is 2.21. The van der Waals surface area contributed by atoms with Crippen molar-refractivity contribution in [2.45, 2.75) is 39.7 Å². The molecule has 0 radical (unpaired) electrons. The molecule has 0 aliphatic carbocycles. The van der Waals surface area contributed by atoms with E-state index in [4.69, 9.17) is 4.74 Å². The second kappa shape index (κ2) is 2.84. The van der Waals surface area contributed by atoms with Gasteiger partial charge < -0.3 is 4.74 Å². The SMILES string of the molecule is COC1=NC(C)CC(C)(C)C1. The van der Waals surface area contributed by atoms with Crippen LogP contribution in [-0.2, 0) is 4.74 Å². The van der Waals surface area contributed by atoms with Crippen molar-refractivity contribution in [1.29, 1.82) is 0 Å². The van der Waals surface area contributed by atoms with Gasteiger partial charge in [-0.2, -0.15) is 0 Å². The minimum Gasteiger partial charge on any atom is -0.484 e. The van der Waals surface area contributed by atoms with Crippen LogP contribution in [0.15, 0.2) is 4.99 Å². The van der Waals surface area contributed by atoms with Gasteiger partial charge in [0.15, 0.2) is 5.90 Å². The zero-order valence-corrected chi connectivity index (χ0v) is 7.85. The number of rotatable bonds is 0. The molecule has 1 unspecified atom stereocenters. The van der Waals surface area contributed by atoms with E-state index in [1.54, 1.807) is 7.11 Å². The van der Waals surface area contributed by atoms with Crippen molar-refractivity contribution in [2.24, 2.45) is 10.4 Å². The van der Waals surface area contributed by atoms with Crippen LogP contribution in [0.2, 0.25) is 0 Å². The maximum atomic E-state index is 5.15. The first-order valence-electron chi connectivity index (χ1n) is 4.14. The molecule has 0 aromatic carbocycles. The van der Waals surface area contributed by atoms with Crippen LogP contribution in [0, 0.1) is 5.41 Å². The van der Waals surface area contributed by atoms with Crippen molar-refractivity contribution in [3.05, 3.63) is 0 Å². The molecular formula is C9H17NO. The molecule has 1 atom stereocenters. The van der Waals surface area contributed by atoms with Crippen molar-refractivity contribution in [1.82, 2.24) is 0 Å². The number of nitrogens with zero attached hydrogens (tertiary/aromatic N) is 1. The second-order valence-electron chi connectivity index (χ2n) is 4.12. The first-order valence-corrected chi connectivity index (χ1v) is 4.14. The van der Waals surface area contributed by atoms with Crippen LogP contribution in [0.3, 0.4) is 0 Å². The molecule has 2 heteroatoms. The fraction of sp³-hybridized carbons (Fsp3) is 0.889. The summed E-state index contributed by atoms with van der Waals surface area (Å²) in [5.74, 6) is 0.911. The number of ether oxygens (including phenoxy) is 1. The van der Waals surface area contributed by atoms with Gasteiger partial charge in [0, 0.05) is 6.42 Å². The van der Waals surface area contributed by atoms with E-state index >= 15 is 0 Å². The lowest BCUT2D eigenvalue weighted by Gasteiger charge is -2.31. The first kappa shape index (κ1) is 8.57. The van der Waals surface area contributed by atoms with Gasteiger partial charge in [-0.15, -0.1) is 0 Å². The molecule has 0 amide bonds. The van der Waals surface area contributed by atoms with Gasteiger partial charge in [-0.3, -0.25) is 4.99 Å². The van der Waals surface area contributed by atoms with Crippen molar-refractivity contribution < 1.29 is 4.74 Å². The normalized spacial score (nSPS) is 29.5. The molecule has 2 nitrogen and oxygen atoms in total. The summed E-state index contributed by atoms with van der Waals surface area (Å²) in [5, 5.41) is 0. The molecule has 0 N–H and O–H groups in total. The fourth-order valence-electron chi connectivity index (χ4n) is 1.74. The summed E-state index contributed by atoms with van der Waals surface area (Å²) in [6.45, 7) is 6.66. The van der Waals surface area contributed by atoms with E-state index in [2.05, 4.69) is 25.8 Å². The standard InChI is InChI=1S/C9H17NO/c1-7-5-9(2,3)6-8(10-7)11-4/h7H,5-6H2,1-4H3. The molecule has 1 aliphatic rings. The van der Waals surface area contributed by atoms with Crippen LogP contribution < -0.4 is 0 Å². The van der Waals surface area contributed by atoms with Gasteiger partial charge in [0.05, 0.1) is 13.2 Å². The number of methoxy groups -OCH3 is 1. The smallest absolute Gasteiger partial charge is 0.183 e. The summed E-state index contributed by atoms with van der Waals surface area (Å²) >= 11 is 0. The van der Waals surface area contributed by atoms with E-state index < -0.39 is 0 Å². The highest BCUT2D eigenvalue weighted by Crippen LogP contribution is 2.32. The minimum absolute atomic E-state index is 0.368. The lowest BCUT2D eigenvalue weighted by atomic mass is 9.81. The summed E-state index contributed by atoms with van der Waals surface area (Å²) < 4.78 is 5.15. The molecule has 0 spiro atoms. The lowest BCUT2D eigenvalue weighted by molar-refractivity contribution is 0.263. The van der Waals surface area contributed by atoms with Crippen molar-refractivity contribution in [2.75, 3.05) is 7.11 Å². The Balaban J connectivity index is 2.70. The monoisotopic (exact) mass is 155 g/mol. The van der Waals surface area contributed by atoms with Crippen LogP contribution in [-0.4, -0.2) is 19.0 Å². The van der Waals surface area contributed by atoms with Gasteiger partial charge in [-0.25, -0.2) is 0 Å². The van der Waals surface area contributed by atoms with E-state index in [0.717, 1.165) is 12.3 Å². The Bertz CT molecular complexity index is 172. The zero-order chi connectivity index (χ0) is 8.48. The highest BCUT2D eigenvalue weighted by molar-refractivity contribution is 5.77. The van der Waals surface area contributed by atoms with Crippen LogP contribution in [0.4, 0.5) is 0 Å².